The zero-order valence-corrected chi connectivity index (χ0v) is 6.52. The Balaban J connectivity index is 2.31. The van der Waals surface area contributed by atoms with E-state index in [-0.39, 0.29) is 31.7 Å². The molecule has 0 aromatic heterocycles. The summed E-state index contributed by atoms with van der Waals surface area (Å²) in [5, 5.41) is 0. The highest BCUT2D eigenvalue weighted by Gasteiger charge is 2.31. The van der Waals surface area contributed by atoms with Crippen LogP contribution in [-0.2, 0) is 4.79 Å². The van der Waals surface area contributed by atoms with E-state index in [2.05, 4.69) is 0 Å². The second kappa shape index (κ2) is 3.43. The van der Waals surface area contributed by atoms with Gasteiger partial charge in [-0.05, 0) is 0 Å². The first kappa shape index (κ1) is 9.51. The lowest BCUT2D eigenvalue weighted by atomic mass is 10.1. The Morgan fingerprint density at radius 3 is 2.17 bits per heavy atom. The summed E-state index contributed by atoms with van der Waals surface area (Å²) < 4.78 is 35.4. The lowest BCUT2D eigenvalue weighted by molar-refractivity contribution is -0.150. The van der Waals surface area contributed by atoms with Crippen molar-refractivity contribution in [3.8, 4) is 0 Å². The number of ketones is 1. The molecule has 70 valence electrons. The summed E-state index contributed by atoms with van der Waals surface area (Å²) in [5.74, 6) is 0.0634. The van der Waals surface area contributed by atoms with Gasteiger partial charge >= 0.3 is 6.18 Å². The molecule has 12 heavy (non-hydrogen) atoms. The quantitative estimate of drug-likeness (QED) is 0.606. The minimum absolute atomic E-state index is 0.0634. The second-order valence-corrected chi connectivity index (χ2v) is 2.93. The van der Waals surface area contributed by atoms with Crippen molar-refractivity contribution in [1.82, 2.24) is 4.90 Å². The summed E-state index contributed by atoms with van der Waals surface area (Å²) in [6.07, 6.45) is -3.62. The largest absolute Gasteiger partial charge is 0.401 e. The van der Waals surface area contributed by atoms with Crippen molar-refractivity contribution in [1.29, 1.82) is 0 Å². The van der Waals surface area contributed by atoms with Crippen LogP contribution in [0.25, 0.3) is 0 Å². The van der Waals surface area contributed by atoms with Crippen LogP contribution in [0.1, 0.15) is 12.8 Å². The molecular weight excluding hydrogens is 171 g/mol. The maximum atomic E-state index is 11.8. The third-order valence-electron chi connectivity index (χ3n) is 1.82. The molecule has 5 heteroatoms. The summed E-state index contributed by atoms with van der Waals surface area (Å²) in [6.45, 7) is -0.392. The number of hydrogen-bond donors (Lipinski definition) is 0. The van der Waals surface area contributed by atoms with Gasteiger partial charge in [0.2, 0.25) is 0 Å². The third-order valence-corrected chi connectivity index (χ3v) is 1.82. The molecule has 1 fully saturated rings. The zero-order chi connectivity index (χ0) is 9.19. The van der Waals surface area contributed by atoms with Crippen LogP contribution >= 0.6 is 0 Å². The molecule has 0 amide bonds. The van der Waals surface area contributed by atoms with Gasteiger partial charge in [0.25, 0.3) is 0 Å². The number of nitrogens with zero attached hydrogens (tertiary/aromatic N) is 1. The number of Topliss-reactive ketones (excluding diaryl/α,β-unsaturated/α-hetero) is 1. The van der Waals surface area contributed by atoms with Crippen molar-refractivity contribution in [2.24, 2.45) is 0 Å². The van der Waals surface area contributed by atoms with Gasteiger partial charge < -0.3 is 0 Å². The van der Waals surface area contributed by atoms with Gasteiger partial charge in [-0.25, -0.2) is 0 Å². The highest BCUT2D eigenvalue weighted by Crippen LogP contribution is 2.18. The van der Waals surface area contributed by atoms with Crippen LogP contribution in [0, 0.1) is 0 Å². The Kier molecular flexibility index (Phi) is 2.72. The van der Waals surface area contributed by atoms with Gasteiger partial charge in [0.15, 0.2) is 0 Å². The standard InChI is InChI=1S/C7H10F3NO/c8-7(9,10)5-11-3-1-6(12)2-4-11/h1-5H2. The van der Waals surface area contributed by atoms with Crippen LogP contribution in [0.15, 0.2) is 0 Å². The average Bonchev–Trinajstić information content (AvgIpc) is 1.91. The molecule has 1 aliphatic heterocycles. The first-order valence-electron chi connectivity index (χ1n) is 3.78. The van der Waals surface area contributed by atoms with Gasteiger partial charge in [0.05, 0.1) is 6.54 Å². The minimum Gasteiger partial charge on any atom is -0.300 e. The van der Waals surface area contributed by atoms with E-state index < -0.39 is 12.7 Å². The van der Waals surface area contributed by atoms with Gasteiger partial charge in [0, 0.05) is 25.9 Å². The number of carbonyl (C=O) groups excluding carboxylic acids is 1. The smallest absolute Gasteiger partial charge is 0.300 e. The Morgan fingerprint density at radius 1 is 1.25 bits per heavy atom. The maximum Gasteiger partial charge on any atom is 0.401 e. The Hall–Kier alpha value is -0.580. The number of halogens is 3. The molecular formula is C7H10F3NO. The molecule has 0 atom stereocenters. The summed E-state index contributed by atoms with van der Waals surface area (Å²) >= 11 is 0. The highest BCUT2D eigenvalue weighted by molar-refractivity contribution is 5.79. The van der Waals surface area contributed by atoms with Crippen molar-refractivity contribution in [3.05, 3.63) is 0 Å². The number of likely N-dealkylation sites (tertiary alicyclic amines) is 1. The first-order valence-corrected chi connectivity index (χ1v) is 3.78. The Bertz CT molecular complexity index is 168. The molecule has 1 saturated heterocycles. The van der Waals surface area contributed by atoms with E-state index in [1.165, 1.54) is 4.90 Å². The summed E-state index contributed by atoms with van der Waals surface area (Å²) in [4.78, 5) is 11.9. The predicted octanol–water partition coefficient (Wildman–Crippen LogP) is 1.21. The Labute approximate surface area is 68.3 Å². The summed E-state index contributed by atoms with van der Waals surface area (Å²) in [5.41, 5.74) is 0. The molecule has 0 bridgehead atoms. The fourth-order valence-corrected chi connectivity index (χ4v) is 1.21. The van der Waals surface area contributed by atoms with Crippen LogP contribution in [0.3, 0.4) is 0 Å². The van der Waals surface area contributed by atoms with Crippen molar-refractivity contribution >= 4 is 5.78 Å². The fourth-order valence-electron chi connectivity index (χ4n) is 1.21. The van der Waals surface area contributed by atoms with Crippen molar-refractivity contribution in [2.45, 2.75) is 19.0 Å². The van der Waals surface area contributed by atoms with E-state index in [0.29, 0.717) is 0 Å². The molecule has 0 radical (unpaired) electrons. The van der Waals surface area contributed by atoms with Gasteiger partial charge in [0.1, 0.15) is 5.78 Å². The van der Waals surface area contributed by atoms with Crippen LogP contribution < -0.4 is 0 Å². The molecule has 0 aromatic rings. The third kappa shape index (κ3) is 3.21. The molecule has 0 unspecified atom stereocenters. The van der Waals surface area contributed by atoms with E-state index in [1.54, 1.807) is 0 Å². The molecule has 0 spiro atoms. The molecule has 1 heterocycles. The normalized spacial score (nSPS) is 21.4. The predicted molar refractivity (Wildman–Crippen MR) is 36.7 cm³/mol. The van der Waals surface area contributed by atoms with E-state index >= 15 is 0 Å². The minimum atomic E-state index is -4.14. The molecule has 1 aliphatic rings. The molecule has 0 N–H and O–H groups in total. The van der Waals surface area contributed by atoms with Crippen LogP contribution in [-0.4, -0.2) is 36.5 Å². The average molecular weight is 181 g/mol. The highest BCUT2D eigenvalue weighted by atomic mass is 19.4. The second-order valence-electron chi connectivity index (χ2n) is 2.93. The van der Waals surface area contributed by atoms with E-state index in [9.17, 15) is 18.0 Å². The number of carbonyl (C=O) groups is 1. The topological polar surface area (TPSA) is 20.3 Å². The monoisotopic (exact) mass is 181 g/mol. The van der Waals surface area contributed by atoms with Crippen LogP contribution in [0.5, 0.6) is 0 Å². The van der Waals surface area contributed by atoms with E-state index in [1.807, 2.05) is 0 Å². The molecule has 1 rings (SSSR count). The molecule has 0 aromatic carbocycles. The number of alkyl halides is 3. The van der Waals surface area contributed by atoms with Gasteiger partial charge in [-0.3, -0.25) is 9.69 Å². The van der Waals surface area contributed by atoms with Crippen molar-refractivity contribution in [3.63, 3.8) is 0 Å². The van der Waals surface area contributed by atoms with Gasteiger partial charge in [-0.2, -0.15) is 13.2 Å². The number of rotatable bonds is 1. The molecule has 2 nitrogen and oxygen atoms in total. The van der Waals surface area contributed by atoms with E-state index in [0.717, 1.165) is 0 Å². The molecule has 0 aliphatic carbocycles. The first-order chi connectivity index (χ1) is 5.47. The SMILES string of the molecule is O=C1CCN(CC(F)(F)F)CC1. The lowest BCUT2D eigenvalue weighted by Gasteiger charge is -2.26. The number of hydrogen-bond acceptors (Lipinski definition) is 2. The van der Waals surface area contributed by atoms with Crippen molar-refractivity contribution in [2.75, 3.05) is 19.6 Å². The lowest BCUT2D eigenvalue weighted by Crippen LogP contribution is -2.40. The zero-order valence-electron chi connectivity index (χ0n) is 6.52. The van der Waals surface area contributed by atoms with Crippen LogP contribution in [0.4, 0.5) is 13.2 Å². The van der Waals surface area contributed by atoms with Gasteiger partial charge in [-0.15, -0.1) is 0 Å². The number of piperidine rings is 1. The maximum absolute atomic E-state index is 11.8. The van der Waals surface area contributed by atoms with Gasteiger partial charge in [-0.1, -0.05) is 0 Å². The Morgan fingerprint density at radius 2 is 1.75 bits per heavy atom. The van der Waals surface area contributed by atoms with E-state index in [4.69, 9.17) is 0 Å². The summed E-state index contributed by atoms with van der Waals surface area (Å²) in [7, 11) is 0. The molecule has 0 saturated carbocycles. The summed E-state index contributed by atoms with van der Waals surface area (Å²) in [6, 6.07) is 0. The van der Waals surface area contributed by atoms with Crippen molar-refractivity contribution < 1.29 is 18.0 Å². The van der Waals surface area contributed by atoms with Crippen LogP contribution in [0.2, 0.25) is 0 Å². The fraction of sp³-hybridized carbons (Fsp3) is 0.857.